The second-order valence-electron chi connectivity index (χ2n) is 4.32. The van der Waals surface area contributed by atoms with Gasteiger partial charge in [0.1, 0.15) is 0 Å². The van der Waals surface area contributed by atoms with E-state index in [0.717, 1.165) is 13.0 Å². The number of carboxylic acids is 1. The second-order valence-corrected chi connectivity index (χ2v) is 4.32. The van der Waals surface area contributed by atoms with Gasteiger partial charge in [-0.3, -0.25) is 4.79 Å². The number of carboxylic acid groups (broad SMARTS) is 1. The van der Waals surface area contributed by atoms with E-state index in [0.29, 0.717) is 5.92 Å². The predicted molar refractivity (Wildman–Crippen MR) is 58.3 cm³/mol. The van der Waals surface area contributed by atoms with Gasteiger partial charge in [-0.2, -0.15) is 0 Å². The fraction of sp³-hybridized carbons (Fsp3) is 0.909. The maximum Gasteiger partial charge on any atom is 0.307 e. The maximum atomic E-state index is 10.8. The van der Waals surface area contributed by atoms with Crippen molar-refractivity contribution in [2.45, 2.75) is 40.2 Å². The Balaban J connectivity index is 4.10. The van der Waals surface area contributed by atoms with E-state index in [1.165, 1.54) is 0 Å². The summed E-state index contributed by atoms with van der Waals surface area (Å²) in [6, 6.07) is 0.0986. The van der Waals surface area contributed by atoms with Crippen LogP contribution in [0.2, 0.25) is 0 Å². The zero-order valence-electron chi connectivity index (χ0n) is 9.95. The van der Waals surface area contributed by atoms with E-state index < -0.39 is 5.97 Å². The topological polar surface area (TPSA) is 40.5 Å². The molecule has 0 aromatic carbocycles. The molecule has 84 valence electrons. The first-order chi connectivity index (χ1) is 6.40. The Labute approximate surface area is 87.1 Å². The minimum absolute atomic E-state index is 0.0986. The van der Waals surface area contributed by atoms with E-state index in [2.05, 4.69) is 18.7 Å². The highest BCUT2D eigenvalue weighted by atomic mass is 16.4. The van der Waals surface area contributed by atoms with Crippen LogP contribution in [-0.4, -0.2) is 35.6 Å². The number of nitrogens with zero attached hydrogens (tertiary/aromatic N) is 1. The molecule has 0 bridgehead atoms. The minimum Gasteiger partial charge on any atom is -0.481 e. The normalized spacial score (nSPS) is 17.9. The fourth-order valence-electron chi connectivity index (χ4n) is 1.38. The Bertz CT molecular complexity index is 182. The summed E-state index contributed by atoms with van der Waals surface area (Å²) in [5.74, 6) is -0.388. The lowest BCUT2D eigenvalue weighted by atomic mass is 10.0. The van der Waals surface area contributed by atoms with Crippen molar-refractivity contribution >= 4 is 5.97 Å². The molecule has 0 aromatic rings. The molecule has 0 fully saturated rings. The van der Waals surface area contributed by atoms with Crippen LogP contribution in [0.5, 0.6) is 0 Å². The summed E-state index contributed by atoms with van der Waals surface area (Å²) >= 11 is 0. The summed E-state index contributed by atoms with van der Waals surface area (Å²) in [6.45, 7) is 9.05. The summed E-state index contributed by atoms with van der Waals surface area (Å²) in [7, 11) is 2.00. The molecule has 0 aliphatic heterocycles. The van der Waals surface area contributed by atoms with Gasteiger partial charge in [-0.1, -0.05) is 27.2 Å². The van der Waals surface area contributed by atoms with Crippen molar-refractivity contribution in [2.75, 3.05) is 13.6 Å². The quantitative estimate of drug-likeness (QED) is 0.715. The predicted octanol–water partition coefficient (Wildman–Crippen LogP) is 2.07. The zero-order chi connectivity index (χ0) is 11.3. The van der Waals surface area contributed by atoms with Crippen molar-refractivity contribution in [2.24, 2.45) is 11.8 Å². The maximum absolute atomic E-state index is 10.8. The van der Waals surface area contributed by atoms with Crippen molar-refractivity contribution in [3.05, 3.63) is 0 Å². The summed E-state index contributed by atoms with van der Waals surface area (Å²) in [6.07, 6.45) is 1.14. The third-order valence-corrected chi connectivity index (χ3v) is 3.10. The summed E-state index contributed by atoms with van der Waals surface area (Å²) in [5.41, 5.74) is 0. The van der Waals surface area contributed by atoms with Gasteiger partial charge in [0.2, 0.25) is 0 Å². The van der Waals surface area contributed by atoms with E-state index in [-0.39, 0.29) is 12.0 Å². The molecule has 0 aromatic heterocycles. The SMILES string of the molecule is CCC(C)CN(C)C(C)C(C)C(=O)O. The van der Waals surface area contributed by atoms with Gasteiger partial charge in [0, 0.05) is 12.6 Å². The molecular weight excluding hydrogens is 178 g/mol. The van der Waals surface area contributed by atoms with Crippen molar-refractivity contribution in [3.8, 4) is 0 Å². The van der Waals surface area contributed by atoms with Crippen LogP contribution in [0.4, 0.5) is 0 Å². The van der Waals surface area contributed by atoms with Gasteiger partial charge in [-0.05, 0) is 19.9 Å². The molecule has 0 radical (unpaired) electrons. The lowest BCUT2D eigenvalue weighted by Gasteiger charge is -2.29. The van der Waals surface area contributed by atoms with Crippen LogP contribution in [0.15, 0.2) is 0 Å². The van der Waals surface area contributed by atoms with Gasteiger partial charge in [-0.15, -0.1) is 0 Å². The van der Waals surface area contributed by atoms with Crippen LogP contribution in [0.1, 0.15) is 34.1 Å². The van der Waals surface area contributed by atoms with Crippen LogP contribution in [0, 0.1) is 11.8 Å². The van der Waals surface area contributed by atoms with Crippen molar-refractivity contribution < 1.29 is 9.90 Å². The summed E-state index contributed by atoms with van der Waals surface area (Å²) in [4.78, 5) is 12.9. The fourth-order valence-corrected chi connectivity index (χ4v) is 1.38. The highest BCUT2D eigenvalue weighted by Gasteiger charge is 2.23. The number of hydrogen-bond donors (Lipinski definition) is 1. The average molecular weight is 201 g/mol. The Morgan fingerprint density at radius 1 is 1.36 bits per heavy atom. The first-order valence-electron chi connectivity index (χ1n) is 5.33. The van der Waals surface area contributed by atoms with Crippen LogP contribution in [0.25, 0.3) is 0 Å². The molecule has 0 saturated carbocycles. The minimum atomic E-state index is -0.714. The molecule has 0 aliphatic rings. The Hall–Kier alpha value is -0.570. The summed E-state index contributed by atoms with van der Waals surface area (Å²) < 4.78 is 0. The molecule has 3 nitrogen and oxygen atoms in total. The molecule has 3 heteroatoms. The van der Waals surface area contributed by atoms with Gasteiger partial charge in [0.15, 0.2) is 0 Å². The highest BCUT2D eigenvalue weighted by molar-refractivity contribution is 5.70. The number of carbonyl (C=O) groups is 1. The Morgan fingerprint density at radius 3 is 2.21 bits per heavy atom. The van der Waals surface area contributed by atoms with Crippen molar-refractivity contribution in [3.63, 3.8) is 0 Å². The molecule has 3 unspecified atom stereocenters. The lowest BCUT2D eigenvalue weighted by molar-refractivity contribution is -0.143. The third-order valence-electron chi connectivity index (χ3n) is 3.10. The summed E-state index contributed by atoms with van der Waals surface area (Å²) in [5, 5.41) is 8.87. The van der Waals surface area contributed by atoms with Gasteiger partial charge < -0.3 is 10.0 Å². The lowest BCUT2D eigenvalue weighted by Crippen LogP contribution is -2.40. The third kappa shape index (κ3) is 4.09. The zero-order valence-corrected chi connectivity index (χ0v) is 9.95. The molecule has 0 amide bonds. The van der Waals surface area contributed by atoms with Crippen molar-refractivity contribution in [1.29, 1.82) is 0 Å². The molecular formula is C11H23NO2. The van der Waals surface area contributed by atoms with Crippen molar-refractivity contribution in [1.82, 2.24) is 4.90 Å². The van der Waals surface area contributed by atoms with Gasteiger partial charge in [-0.25, -0.2) is 0 Å². The van der Waals surface area contributed by atoms with Gasteiger partial charge >= 0.3 is 5.97 Å². The monoisotopic (exact) mass is 201 g/mol. The molecule has 0 rings (SSSR count). The smallest absolute Gasteiger partial charge is 0.307 e. The highest BCUT2D eigenvalue weighted by Crippen LogP contribution is 2.12. The molecule has 0 aliphatic carbocycles. The van der Waals surface area contributed by atoms with E-state index in [1.54, 1.807) is 6.92 Å². The number of rotatable bonds is 6. The average Bonchev–Trinajstić information content (AvgIpc) is 2.14. The van der Waals surface area contributed by atoms with Gasteiger partial charge in [0.05, 0.1) is 5.92 Å². The van der Waals surface area contributed by atoms with Crippen LogP contribution in [-0.2, 0) is 4.79 Å². The number of aliphatic carboxylic acids is 1. The van der Waals surface area contributed by atoms with E-state index in [4.69, 9.17) is 5.11 Å². The molecule has 14 heavy (non-hydrogen) atoms. The first-order valence-corrected chi connectivity index (χ1v) is 5.33. The van der Waals surface area contributed by atoms with Gasteiger partial charge in [0.25, 0.3) is 0 Å². The first kappa shape index (κ1) is 13.4. The van der Waals surface area contributed by atoms with Crippen LogP contribution >= 0.6 is 0 Å². The molecule has 0 spiro atoms. The Kier molecular flexibility index (Phi) is 5.77. The van der Waals surface area contributed by atoms with Crippen LogP contribution < -0.4 is 0 Å². The van der Waals surface area contributed by atoms with E-state index >= 15 is 0 Å². The molecule has 0 heterocycles. The molecule has 3 atom stereocenters. The molecule has 1 N–H and O–H groups in total. The largest absolute Gasteiger partial charge is 0.481 e. The molecule has 0 saturated heterocycles. The van der Waals surface area contributed by atoms with E-state index in [1.807, 2.05) is 14.0 Å². The standard InChI is InChI=1S/C11H23NO2/c1-6-8(2)7-12(5)10(4)9(3)11(13)14/h8-10H,6-7H2,1-5H3,(H,13,14). The Morgan fingerprint density at radius 2 is 1.86 bits per heavy atom. The van der Waals surface area contributed by atoms with Crippen LogP contribution in [0.3, 0.4) is 0 Å². The second kappa shape index (κ2) is 6.02. The van der Waals surface area contributed by atoms with E-state index in [9.17, 15) is 4.79 Å². The number of hydrogen-bond acceptors (Lipinski definition) is 2.